The number of benzene rings is 3. The number of aromatic amines is 1. The van der Waals surface area contributed by atoms with Crippen molar-refractivity contribution in [3.05, 3.63) is 83.6 Å². The van der Waals surface area contributed by atoms with Gasteiger partial charge in [0.1, 0.15) is 6.04 Å². The molecule has 4 aromatic rings. The lowest BCUT2D eigenvalue weighted by Gasteiger charge is -2.34. The fourth-order valence-electron chi connectivity index (χ4n) is 6.22. The number of aryl methyl sites for hydroxylation is 1. The van der Waals surface area contributed by atoms with Gasteiger partial charge in [-0.25, -0.2) is 0 Å². The van der Waals surface area contributed by atoms with Gasteiger partial charge in [-0.3, -0.25) is 19.3 Å². The predicted molar refractivity (Wildman–Crippen MR) is 174 cm³/mol. The lowest BCUT2D eigenvalue weighted by molar-refractivity contribution is -0.127. The summed E-state index contributed by atoms with van der Waals surface area (Å²) in [5.41, 5.74) is 3.38. The number of fused-ring (bicyclic) bond motifs is 1. The van der Waals surface area contributed by atoms with Gasteiger partial charge in [-0.15, -0.1) is 0 Å². The van der Waals surface area contributed by atoms with Crippen LogP contribution in [0.25, 0.3) is 10.9 Å². The van der Waals surface area contributed by atoms with Crippen molar-refractivity contribution in [2.24, 2.45) is 0 Å². The Morgan fingerprint density at radius 2 is 1.62 bits per heavy atom. The number of hydrogen-bond acceptors (Lipinski definition) is 6. The molecule has 9 heteroatoms. The third-order valence-electron chi connectivity index (χ3n) is 8.54. The van der Waals surface area contributed by atoms with E-state index in [1.165, 1.54) is 33.2 Å². The quantitative estimate of drug-likeness (QED) is 0.176. The van der Waals surface area contributed by atoms with Gasteiger partial charge in [0, 0.05) is 40.8 Å². The molecule has 0 spiro atoms. The normalized spacial score (nSPS) is 14.0. The fraction of sp³-hybridized carbons (Fsp3) is 0.361. The molecule has 1 aromatic heterocycles. The highest BCUT2D eigenvalue weighted by Gasteiger charge is 2.35. The van der Waals surface area contributed by atoms with Crippen LogP contribution < -0.4 is 24.4 Å². The van der Waals surface area contributed by atoms with Crippen LogP contribution in [0.1, 0.15) is 73.0 Å². The Balaban J connectivity index is 1.62. The standard InChI is InChI=1S/C36H41N3O6/c1-23(40)24-11-10-14-28(19-24)39(33(41)18-17-25-22-37-30-16-9-8-15-29(25)30)34(36(42)38-27-12-6-5-7-13-27)26-20-31(43-2)35(45-4)32(21-26)44-3/h8-11,14-16,19-22,27,34,37H,5-7,12-13,17-18H2,1-4H3,(H,38,42)/t34-/m0/s1. The molecule has 2 N–H and O–H groups in total. The summed E-state index contributed by atoms with van der Waals surface area (Å²) in [4.78, 5) is 46.1. The Bertz CT molecular complexity index is 1650. The maximum atomic E-state index is 14.5. The van der Waals surface area contributed by atoms with E-state index >= 15 is 0 Å². The second-order valence-electron chi connectivity index (χ2n) is 11.4. The van der Waals surface area contributed by atoms with Crippen molar-refractivity contribution in [2.75, 3.05) is 26.2 Å². The summed E-state index contributed by atoms with van der Waals surface area (Å²) in [7, 11) is 4.54. The van der Waals surface area contributed by atoms with Crippen molar-refractivity contribution in [3.63, 3.8) is 0 Å². The molecule has 236 valence electrons. The molecule has 1 atom stereocenters. The zero-order valence-corrected chi connectivity index (χ0v) is 26.4. The molecule has 0 radical (unpaired) electrons. The summed E-state index contributed by atoms with van der Waals surface area (Å²) in [6.07, 6.45) is 7.47. The molecule has 0 aliphatic heterocycles. The van der Waals surface area contributed by atoms with Crippen LogP contribution in [-0.4, -0.2) is 50.0 Å². The van der Waals surface area contributed by atoms with Gasteiger partial charge in [0.05, 0.1) is 21.3 Å². The van der Waals surface area contributed by atoms with Crippen LogP contribution in [0.15, 0.2) is 66.9 Å². The van der Waals surface area contributed by atoms with E-state index < -0.39 is 6.04 Å². The lowest BCUT2D eigenvalue weighted by atomic mass is 9.94. The third-order valence-corrected chi connectivity index (χ3v) is 8.54. The maximum Gasteiger partial charge on any atom is 0.248 e. The number of rotatable bonds is 12. The first kappa shape index (κ1) is 31.6. The van der Waals surface area contributed by atoms with E-state index in [0.29, 0.717) is 40.5 Å². The molecule has 1 aliphatic carbocycles. The molecular formula is C36H41N3O6. The Labute approximate surface area is 263 Å². The van der Waals surface area contributed by atoms with E-state index in [-0.39, 0.29) is 30.1 Å². The molecule has 45 heavy (non-hydrogen) atoms. The Morgan fingerprint density at radius 3 is 2.29 bits per heavy atom. The fourth-order valence-corrected chi connectivity index (χ4v) is 6.22. The van der Waals surface area contributed by atoms with Crippen LogP contribution in [0.3, 0.4) is 0 Å². The summed E-state index contributed by atoms with van der Waals surface area (Å²) in [5, 5.41) is 4.29. The molecule has 0 bridgehead atoms. The molecule has 3 aromatic carbocycles. The van der Waals surface area contributed by atoms with Gasteiger partial charge in [0.25, 0.3) is 0 Å². The number of nitrogens with zero attached hydrogens (tertiary/aromatic N) is 1. The summed E-state index contributed by atoms with van der Waals surface area (Å²) < 4.78 is 16.8. The van der Waals surface area contributed by atoms with E-state index in [9.17, 15) is 14.4 Å². The monoisotopic (exact) mass is 611 g/mol. The van der Waals surface area contributed by atoms with Crippen molar-refractivity contribution >= 4 is 34.2 Å². The minimum atomic E-state index is -1.08. The second kappa shape index (κ2) is 14.3. The van der Waals surface area contributed by atoms with E-state index in [1.54, 1.807) is 36.4 Å². The van der Waals surface area contributed by atoms with Gasteiger partial charge in [0.15, 0.2) is 17.3 Å². The highest BCUT2D eigenvalue weighted by atomic mass is 16.5. The van der Waals surface area contributed by atoms with Crippen molar-refractivity contribution in [1.82, 2.24) is 10.3 Å². The predicted octanol–water partition coefficient (Wildman–Crippen LogP) is 6.55. The molecule has 9 nitrogen and oxygen atoms in total. The minimum Gasteiger partial charge on any atom is -0.493 e. The number of H-pyrrole nitrogens is 1. The number of ether oxygens (including phenoxy) is 3. The first-order chi connectivity index (χ1) is 21.8. The summed E-state index contributed by atoms with van der Waals surface area (Å²) in [5.74, 6) is 0.394. The highest BCUT2D eigenvalue weighted by Crippen LogP contribution is 2.42. The van der Waals surface area contributed by atoms with Crippen molar-refractivity contribution in [2.45, 2.75) is 64.0 Å². The van der Waals surface area contributed by atoms with E-state index in [1.807, 2.05) is 30.5 Å². The number of hydrogen-bond donors (Lipinski definition) is 2. The third kappa shape index (κ3) is 6.98. The number of carbonyl (C=O) groups is 3. The molecule has 5 rings (SSSR count). The maximum absolute atomic E-state index is 14.5. The first-order valence-electron chi connectivity index (χ1n) is 15.4. The summed E-state index contributed by atoms with van der Waals surface area (Å²) in [6.45, 7) is 1.48. The number of methoxy groups -OCH3 is 3. The first-order valence-corrected chi connectivity index (χ1v) is 15.4. The van der Waals surface area contributed by atoms with Crippen LogP contribution in [-0.2, 0) is 16.0 Å². The summed E-state index contributed by atoms with van der Waals surface area (Å²) >= 11 is 0. The smallest absolute Gasteiger partial charge is 0.248 e. The molecule has 0 unspecified atom stereocenters. The van der Waals surface area contributed by atoms with Crippen LogP contribution in [0, 0.1) is 0 Å². The zero-order chi connectivity index (χ0) is 31.9. The van der Waals surface area contributed by atoms with Crippen LogP contribution in [0.4, 0.5) is 5.69 Å². The Hall–Kier alpha value is -4.79. The molecule has 0 saturated heterocycles. The topological polar surface area (TPSA) is 110 Å². The number of ketones is 1. The van der Waals surface area contributed by atoms with Gasteiger partial charge in [-0.05, 0) is 67.6 Å². The van der Waals surface area contributed by atoms with Gasteiger partial charge in [-0.2, -0.15) is 0 Å². The van der Waals surface area contributed by atoms with Crippen LogP contribution in [0.2, 0.25) is 0 Å². The SMILES string of the molecule is COc1cc([C@@H](C(=O)NC2CCCCC2)N(C(=O)CCc2c[nH]c3ccccc23)c2cccc(C(C)=O)c2)cc(OC)c1OC. The average molecular weight is 612 g/mol. The minimum absolute atomic E-state index is 0.00233. The number of amides is 2. The van der Waals surface area contributed by atoms with E-state index in [2.05, 4.69) is 10.3 Å². The van der Waals surface area contributed by atoms with Gasteiger partial charge >= 0.3 is 0 Å². The number of Topliss-reactive ketones (excluding diaryl/α,β-unsaturated/α-hetero) is 1. The number of carbonyl (C=O) groups excluding carboxylic acids is 3. The van der Waals surface area contributed by atoms with Crippen LogP contribution in [0.5, 0.6) is 17.2 Å². The zero-order valence-electron chi connectivity index (χ0n) is 26.4. The Morgan fingerprint density at radius 1 is 0.911 bits per heavy atom. The van der Waals surface area contributed by atoms with Gasteiger partial charge in [0.2, 0.25) is 17.6 Å². The molecule has 1 fully saturated rings. The second-order valence-corrected chi connectivity index (χ2v) is 11.4. The number of anilines is 1. The number of para-hydroxylation sites is 1. The largest absolute Gasteiger partial charge is 0.493 e. The molecular weight excluding hydrogens is 570 g/mol. The molecule has 1 aliphatic rings. The molecule has 1 saturated carbocycles. The number of nitrogens with one attached hydrogen (secondary N) is 2. The molecule has 1 heterocycles. The van der Waals surface area contributed by atoms with Gasteiger partial charge < -0.3 is 24.5 Å². The summed E-state index contributed by atoms with van der Waals surface area (Å²) in [6, 6.07) is 17.2. The number of aromatic nitrogens is 1. The molecule has 2 amide bonds. The van der Waals surface area contributed by atoms with Crippen LogP contribution >= 0.6 is 0 Å². The van der Waals surface area contributed by atoms with Gasteiger partial charge in [-0.1, -0.05) is 49.6 Å². The lowest BCUT2D eigenvalue weighted by Crippen LogP contribution is -2.47. The van der Waals surface area contributed by atoms with E-state index in [0.717, 1.165) is 48.6 Å². The van der Waals surface area contributed by atoms with Crippen molar-refractivity contribution in [1.29, 1.82) is 0 Å². The Kier molecular flexibility index (Phi) is 10.1. The van der Waals surface area contributed by atoms with Crippen molar-refractivity contribution < 1.29 is 28.6 Å². The van der Waals surface area contributed by atoms with Crippen molar-refractivity contribution in [3.8, 4) is 17.2 Å². The highest BCUT2D eigenvalue weighted by molar-refractivity contribution is 6.03. The average Bonchev–Trinajstić information content (AvgIpc) is 3.48. The van der Waals surface area contributed by atoms with E-state index in [4.69, 9.17) is 14.2 Å².